The van der Waals surface area contributed by atoms with Gasteiger partial charge in [0.05, 0.1) is 0 Å². The summed E-state index contributed by atoms with van der Waals surface area (Å²) < 4.78 is 0. The van der Waals surface area contributed by atoms with Crippen molar-refractivity contribution < 1.29 is 0 Å². The first-order chi connectivity index (χ1) is 7.88. The largest absolute Gasteiger partial charge is 0.368 e. The van der Waals surface area contributed by atoms with Crippen LogP contribution in [0.2, 0.25) is 0 Å². The molecule has 0 amide bonds. The van der Waals surface area contributed by atoms with E-state index in [2.05, 4.69) is 29.2 Å². The van der Waals surface area contributed by atoms with E-state index in [1.807, 2.05) is 0 Å². The fraction of sp³-hybridized carbons (Fsp3) is 0.571. The summed E-state index contributed by atoms with van der Waals surface area (Å²) in [6.07, 6.45) is 5.15. The second kappa shape index (κ2) is 4.10. The Hall–Kier alpha value is -1.02. The van der Waals surface area contributed by atoms with Gasteiger partial charge in [-0.15, -0.1) is 0 Å². The maximum absolute atomic E-state index is 5.70. The van der Waals surface area contributed by atoms with E-state index in [-0.39, 0.29) is 0 Å². The molecule has 1 saturated carbocycles. The molecule has 2 heteroatoms. The summed E-state index contributed by atoms with van der Waals surface area (Å²) in [5, 5.41) is 0. The van der Waals surface area contributed by atoms with Crippen molar-refractivity contribution in [3.63, 3.8) is 0 Å². The van der Waals surface area contributed by atoms with Gasteiger partial charge in [-0.2, -0.15) is 0 Å². The molecule has 2 aliphatic rings. The third-order valence-corrected chi connectivity index (χ3v) is 4.13. The van der Waals surface area contributed by atoms with Gasteiger partial charge in [-0.25, -0.2) is 0 Å². The summed E-state index contributed by atoms with van der Waals surface area (Å²) in [6, 6.07) is 9.64. The molecule has 0 spiro atoms. The standard InChI is InChI=1S/C14H20N2/c15-10-11-8-13(9-11)16-7-3-5-12-4-1-2-6-14(12)16/h1-2,4,6,11,13H,3,5,7-10,15H2. The molecule has 2 N–H and O–H groups in total. The zero-order chi connectivity index (χ0) is 11.0. The van der Waals surface area contributed by atoms with Gasteiger partial charge in [0.1, 0.15) is 0 Å². The molecule has 0 radical (unpaired) electrons. The number of para-hydroxylation sites is 1. The van der Waals surface area contributed by atoms with Crippen molar-refractivity contribution in [1.82, 2.24) is 0 Å². The first-order valence-electron chi connectivity index (χ1n) is 6.43. The van der Waals surface area contributed by atoms with Crippen molar-refractivity contribution in [1.29, 1.82) is 0 Å². The minimum Gasteiger partial charge on any atom is -0.368 e. The van der Waals surface area contributed by atoms with Crippen LogP contribution in [0.15, 0.2) is 24.3 Å². The van der Waals surface area contributed by atoms with Crippen LogP contribution in [-0.2, 0) is 6.42 Å². The van der Waals surface area contributed by atoms with Crippen molar-refractivity contribution in [2.75, 3.05) is 18.0 Å². The van der Waals surface area contributed by atoms with Crippen molar-refractivity contribution >= 4 is 5.69 Å². The SMILES string of the molecule is NCC1CC(N2CCCc3ccccc32)C1. The summed E-state index contributed by atoms with van der Waals surface area (Å²) in [7, 11) is 0. The number of nitrogens with zero attached hydrogens (tertiary/aromatic N) is 1. The summed E-state index contributed by atoms with van der Waals surface area (Å²) in [5.74, 6) is 0.777. The maximum atomic E-state index is 5.70. The van der Waals surface area contributed by atoms with Crippen LogP contribution in [0.1, 0.15) is 24.8 Å². The van der Waals surface area contributed by atoms with Crippen LogP contribution in [0.4, 0.5) is 5.69 Å². The molecule has 0 aromatic heterocycles. The van der Waals surface area contributed by atoms with Gasteiger partial charge in [0.25, 0.3) is 0 Å². The monoisotopic (exact) mass is 216 g/mol. The molecule has 1 aliphatic carbocycles. The average Bonchev–Trinajstić information content (AvgIpc) is 2.28. The van der Waals surface area contributed by atoms with E-state index >= 15 is 0 Å². The van der Waals surface area contributed by atoms with Gasteiger partial charge in [-0.3, -0.25) is 0 Å². The summed E-state index contributed by atoms with van der Waals surface area (Å²) in [6.45, 7) is 2.10. The Morgan fingerprint density at radius 2 is 2.06 bits per heavy atom. The lowest BCUT2D eigenvalue weighted by atomic mass is 9.78. The highest BCUT2D eigenvalue weighted by Gasteiger charge is 2.34. The second-order valence-corrected chi connectivity index (χ2v) is 5.15. The van der Waals surface area contributed by atoms with Crippen LogP contribution in [0.3, 0.4) is 0 Å². The Morgan fingerprint density at radius 3 is 2.88 bits per heavy atom. The van der Waals surface area contributed by atoms with E-state index in [9.17, 15) is 0 Å². The number of benzene rings is 1. The molecular formula is C14H20N2. The molecule has 16 heavy (non-hydrogen) atoms. The molecule has 0 atom stereocenters. The number of hydrogen-bond acceptors (Lipinski definition) is 2. The molecule has 3 rings (SSSR count). The molecule has 1 aromatic carbocycles. The Labute approximate surface area is 97.4 Å². The predicted octanol–water partition coefficient (Wildman–Crippen LogP) is 2.18. The van der Waals surface area contributed by atoms with Crippen molar-refractivity contribution in [2.45, 2.75) is 31.7 Å². The topological polar surface area (TPSA) is 29.3 Å². The molecule has 1 heterocycles. The van der Waals surface area contributed by atoms with Crippen molar-refractivity contribution in [3.8, 4) is 0 Å². The maximum Gasteiger partial charge on any atom is 0.0401 e. The molecule has 0 unspecified atom stereocenters. The highest BCUT2D eigenvalue weighted by atomic mass is 15.2. The Bertz CT molecular complexity index is 369. The van der Waals surface area contributed by atoms with Gasteiger partial charge < -0.3 is 10.6 Å². The van der Waals surface area contributed by atoms with Crippen LogP contribution >= 0.6 is 0 Å². The average molecular weight is 216 g/mol. The third-order valence-electron chi connectivity index (χ3n) is 4.13. The summed E-state index contributed by atoms with van der Waals surface area (Å²) >= 11 is 0. The van der Waals surface area contributed by atoms with Gasteiger partial charge in [0.2, 0.25) is 0 Å². The predicted molar refractivity (Wildman–Crippen MR) is 67.7 cm³/mol. The zero-order valence-corrected chi connectivity index (χ0v) is 9.73. The fourth-order valence-electron chi connectivity index (χ4n) is 3.09. The third kappa shape index (κ3) is 1.61. The van der Waals surface area contributed by atoms with E-state index in [0.717, 1.165) is 18.5 Å². The van der Waals surface area contributed by atoms with Crippen LogP contribution in [0, 0.1) is 5.92 Å². The van der Waals surface area contributed by atoms with Crippen LogP contribution in [-0.4, -0.2) is 19.1 Å². The van der Waals surface area contributed by atoms with Gasteiger partial charge in [-0.05, 0) is 49.8 Å². The highest BCUT2D eigenvalue weighted by molar-refractivity contribution is 5.56. The molecule has 2 nitrogen and oxygen atoms in total. The normalized spacial score (nSPS) is 28.4. The van der Waals surface area contributed by atoms with Gasteiger partial charge in [-0.1, -0.05) is 18.2 Å². The molecule has 0 bridgehead atoms. The molecular weight excluding hydrogens is 196 g/mol. The van der Waals surface area contributed by atoms with E-state index in [1.54, 1.807) is 0 Å². The van der Waals surface area contributed by atoms with Crippen LogP contribution in [0.5, 0.6) is 0 Å². The second-order valence-electron chi connectivity index (χ2n) is 5.15. The summed E-state index contributed by atoms with van der Waals surface area (Å²) in [5.41, 5.74) is 8.71. The van der Waals surface area contributed by atoms with Gasteiger partial charge >= 0.3 is 0 Å². The number of aryl methyl sites for hydroxylation is 1. The van der Waals surface area contributed by atoms with E-state index in [1.165, 1.54) is 43.5 Å². The van der Waals surface area contributed by atoms with Gasteiger partial charge in [0, 0.05) is 18.3 Å². The smallest absolute Gasteiger partial charge is 0.0401 e. The first-order valence-corrected chi connectivity index (χ1v) is 6.43. The van der Waals surface area contributed by atoms with Crippen LogP contribution in [0.25, 0.3) is 0 Å². The Kier molecular flexibility index (Phi) is 2.60. The van der Waals surface area contributed by atoms with E-state index in [4.69, 9.17) is 5.73 Å². The number of nitrogens with two attached hydrogens (primary N) is 1. The molecule has 86 valence electrons. The quantitative estimate of drug-likeness (QED) is 0.821. The number of hydrogen-bond donors (Lipinski definition) is 1. The number of fused-ring (bicyclic) bond motifs is 1. The van der Waals surface area contributed by atoms with Crippen molar-refractivity contribution in [2.24, 2.45) is 11.7 Å². The number of rotatable bonds is 2. The van der Waals surface area contributed by atoms with Gasteiger partial charge in [0.15, 0.2) is 0 Å². The van der Waals surface area contributed by atoms with Crippen LogP contribution < -0.4 is 10.6 Å². The van der Waals surface area contributed by atoms with E-state index < -0.39 is 0 Å². The van der Waals surface area contributed by atoms with Crippen molar-refractivity contribution in [3.05, 3.63) is 29.8 Å². The molecule has 1 aliphatic heterocycles. The zero-order valence-electron chi connectivity index (χ0n) is 9.73. The van der Waals surface area contributed by atoms with E-state index in [0.29, 0.717) is 0 Å². The minimum absolute atomic E-state index is 0.759. The Balaban J connectivity index is 1.78. The minimum atomic E-state index is 0.759. The molecule has 0 saturated heterocycles. The summed E-state index contributed by atoms with van der Waals surface area (Å²) in [4.78, 5) is 2.62. The molecule has 1 aromatic rings. The Morgan fingerprint density at radius 1 is 1.25 bits per heavy atom. The highest BCUT2D eigenvalue weighted by Crippen LogP contribution is 2.37. The fourth-order valence-corrected chi connectivity index (χ4v) is 3.09. The molecule has 1 fully saturated rings. The number of anilines is 1. The lowest BCUT2D eigenvalue weighted by Gasteiger charge is -2.46. The lowest BCUT2D eigenvalue weighted by Crippen LogP contribution is -2.48. The first kappa shape index (κ1) is 10.2. The lowest BCUT2D eigenvalue weighted by molar-refractivity contribution is 0.256.